The molecular weight excluding hydrogens is 295 g/mol. The maximum Gasteiger partial charge on any atom is 0.256 e. The molecule has 3 rings (SSSR count). The van der Waals surface area contributed by atoms with Crippen molar-refractivity contribution in [1.29, 1.82) is 0 Å². The number of carbonyl (C=O) groups is 2. The summed E-state index contributed by atoms with van der Waals surface area (Å²) in [6.45, 7) is 1.81. The summed E-state index contributed by atoms with van der Waals surface area (Å²) in [4.78, 5) is 26.5. The first kappa shape index (κ1) is 15.2. The molecule has 0 saturated carbocycles. The van der Waals surface area contributed by atoms with E-state index >= 15 is 0 Å². The van der Waals surface area contributed by atoms with Gasteiger partial charge in [-0.25, -0.2) is 4.39 Å². The number of benzene rings is 2. The molecule has 118 valence electrons. The zero-order valence-corrected chi connectivity index (χ0v) is 12.6. The molecule has 0 aromatic heterocycles. The Labute approximate surface area is 134 Å². The summed E-state index contributed by atoms with van der Waals surface area (Å²) in [5.41, 5.74) is 1.82. The van der Waals surface area contributed by atoms with Crippen molar-refractivity contribution in [3.63, 3.8) is 0 Å². The van der Waals surface area contributed by atoms with E-state index in [1.165, 1.54) is 6.07 Å². The number of amides is 2. The van der Waals surface area contributed by atoms with Crippen molar-refractivity contribution in [3.8, 4) is 11.1 Å². The molecule has 5 heteroatoms. The fraction of sp³-hybridized carbons (Fsp3) is 0.222. The van der Waals surface area contributed by atoms with Gasteiger partial charge >= 0.3 is 0 Å². The average molecular weight is 312 g/mol. The van der Waals surface area contributed by atoms with Crippen LogP contribution in [-0.4, -0.2) is 48.3 Å². The number of rotatable bonds is 3. The molecule has 0 aliphatic carbocycles. The normalized spacial score (nSPS) is 14.7. The molecule has 1 heterocycles. The summed E-state index contributed by atoms with van der Waals surface area (Å²) in [7, 11) is 0. The minimum Gasteiger partial charge on any atom is -0.342 e. The molecule has 0 spiro atoms. The Morgan fingerprint density at radius 3 is 2.30 bits per heavy atom. The Morgan fingerprint density at radius 1 is 0.957 bits per heavy atom. The molecule has 0 N–H and O–H groups in total. The van der Waals surface area contributed by atoms with Crippen LogP contribution in [0.5, 0.6) is 0 Å². The molecule has 0 radical (unpaired) electrons. The Hall–Kier alpha value is -2.69. The summed E-state index contributed by atoms with van der Waals surface area (Å²) < 4.78 is 14.1. The first-order valence-electron chi connectivity index (χ1n) is 7.52. The third-order valence-corrected chi connectivity index (χ3v) is 4.05. The van der Waals surface area contributed by atoms with Gasteiger partial charge in [-0.2, -0.15) is 0 Å². The van der Waals surface area contributed by atoms with Crippen molar-refractivity contribution >= 4 is 12.3 Å². The Morgan fingerprint density at radius 2 is 1.65 bits per heavy atom. The predicted octanol–water partition coefficient (Wildman–Crippen LogP) is 2.41. The molecule has 0 bridgehead atoms. The van der Waals surface area contributed by atoms with Gasteiger partial charge in [-0.3, -0.25) is 9.59 Å². The Kier molecular flexibility index (Phi) is 4.37. The highest BCUT2D eigenvalue weighted by atomic mass is 19.1. The van der Waals surface area contributed by atoms with Crippen LogP contribution < -0.4 is 0 Å². The molecule has 2 aromatic carbocycles. The summed E-state index contributed by atoms with van der Waals surface area (Å²) in [6, 6.07) is 14.2. The fourth-order valence-corrected chi connectivity index (χ4v) is 2.70. The van der Waals surface area contributed by atoms with Crippen LogP contribution in [-0.2, 0) is 4.79 Å². The maximum absolute atomic E-state index is 14.1. The number of piperazine rings is 1. The van der Waals surface area contributed by atoms with Crippen LogP contribution in [0.25, 0.3) is 11.1 Å². The zero-order valence-electron chi connectivity index (χ0n) is 12.6. The predicted molar refractivity (Wildman–Crippen MR) is 85.4 cm³/mol. The minimum absolute atomic E-state index is 0.0749. The lowest BCUT2D eigenvalue weighted by atomic mass is 10.0. The smallest absolute Gasteiger partial charge is 0.256 e. The second-order valence-electron chi connectivity index (χ2n) is 5.49. The van der Waals surface area contributed by atoms with Crippen LogP contribution in [0.4, 0.5) is 4.39 Å². The second kappa shape index (κ2) is 6.60. The largest absolute Gasteiger partial charge is 0.342 e. The van der Waals surface area contributed by atoms with Gasteiger partial charge in [0.05, 0.1) is 5.56 Å². The quantitative estimate of drug-likeness (QED) is 0.817. The SMILES string of the molecule is O=CN1CCN(C(=O)c2cc(-c3ccccc3)ccc2F)CC1. The van der Waals surface area contributed by atoms with Gasteiger partial charge in [0.25, 0.3) is 5.91 Å². The standard InChI is InChI=1S/C18H17FN2O2/c19-17-7-6-15(14-4-2-1-3-5-14)12-16(17)18(23)21-10-8-20(13-22)9-11-21/h1-7,12-13H,8-11H2. The highest BCUT2D eigenvalue weighted by molar-refractivity contribution is 5.96. The van der Waals surface area contributed by atoms with Crippen molar-refractivity contribution in [1.82, 2.24) is 9.80 Å². The lowest BCUT2D eigenvalue weighted by Gasteiger charge is -2.32. The van der Waals surface area contributed by atoms with Crippen LogP contribution in [0, 0.1) is 5.82 Å². The molecule has 1 saturated heterocycles. The molecule has 2 aromatic rings. The third kappa shape index (κ3) is 3.23. The number of halogens is 1. The van der Waals surface area contributed by atoms with Gasteiger partial charge in [-0.15, -0.1) is 0 Å². The van der Waals surface area contributed by atoms with E-state index in [0.29, 0.717) is 26.2 Å². The van der Waals surface area contributed by atoms with E-state index in [9.17, 15) is 14.0 Å². The number of nitrogens with zero attached hydrogens (tertiary/aromatic N) is 2. The molecular formula is C18H17FN2O2. The lowest BCUT2D eigenvalue weighted by Crippen LogP contribution is -2.48. The Bertz CT molecular complexity index is 710. The minimum atomic E-state index is -0.521. The van der Waals surface area contributed by atoms with Crippen LogP contribution in [0.2, 0.25) is 0 Å². The molecule has 0 atom stereocenters. The van der Waals surface area contributed by atoms with Gasteiger partial charge in [-0.05, 0) is 23.3 Å². The van der Waals surface area contributed by atoms with E-state index < -0.39 is 5.82 Å². The Balaban J connectivity index is 1.84. The molecule has 4 nitrogen and oxygen atoms in total. The van der Waals surface area contributed by atoms with Crippen molar-refractivity contribution in [2.24, 2.45) is 0 Å². The van der Waals surface area contributed by atoms with Gasteiger partial charge in [0.15, 0.2) is 0 Å². The average Bonchev–Trinajstić information content (AvgIpc) is 2.62. The van der Waals surface area contributed by atoms with E-state index in [-0.39, 0.29) is 11.5 Å². The van der Waals surface area contributed by atoms with Crippen molar-refractivity contribution < 1.29 is 14.0 Å². The number of carbonyl (C=O) groups excluding carboxylic acids is 2. The molecule has 1 aliphatic heterocycles. The van der Waals surface area contributed by atoms with E-state index in [2.05, 4.69) is 0 Å². The van der Waals surface area contributed by atoms with E-state index in [1.54, 1.807) is 21.9 Å². The molecule has 1 fully saturated rings. The number of hydrogen-bond acceptors (Lipinski definition) is 2. The van der Waals surface area contributed by atoms with Crippen molar-refractivity contribution in [2.45, 2.75) is 0 Å². The molecule has 23 heavy (non-hydrogen) atoms. The van der Waals surface area contributed by atoms with E-state index in [0.717, 1.165) is 17.5 Å². The topological polar surface area (TPSA) is 40.6 Å². The van der Waals surface area contributed by atoms with Gasteiger partial charge in [-0.1, -0.05) is 36.4 Å². The van der Waals surface area contributed by atoms with Crippen molar-refractivity contribution in [3.05, 3.63) is 59.9 Å². The van der Waals surface area contributed by atoms with E-state index in [4.69, 9.17) is 0 Å². The van der Waals surface area contributed by atoms with Gasteiger partial charge in [0.1, 0.15) is 5.82 Å². The third-order valence-electron chi connectivity index (χ3n) is 4.05. The summed E-state index contributed by atoms with van der Waals surface area (Å²) in [5.74, 6) is -0.849. The van der Waals surface area contributed by atoms with Crippen LogP contribution >= 0.6 is 0 Å². The highest BCUT2D eigenvalue weighted by Crippen LogP contribution is 2.23. The highest BCUT2D eigenvalue weighted by Gasteiger charge is 2.23. The van der Waals surface area contributed by atoms with Crippen LogP contribution in [0.3, 0.4) is 0 Å². The fourth-order valence-electron chi connectivity index (χ4n) is 2.70. The van der Waals surface area contributed by atoms with Gasteiger partial charge in [0.2, 0.25) is 6.41 Å². The first-order chi connectivity index (χ1) is 11.2. The molecule has 2 amide bonds. The summed E-state index contributed by atoms with van der Waals surface area (Å²) in [6.07, 6.45) is 0.776. The number of hydrogen-bond donors (Lipinski definition) is 0. The lowest BCUT2D eigenvalue weighted by molar-refractivity contribution is -0.119. The van der Waals surface area contributed by atoms with Crippen LogP contribution in [0.15, 0.2) is 48.5 Å². The van der Waals surface area contributed by atoms with Gasteiger partial charge < -0.3 is 9.80 Å². The van der Waals surface area contributed by atoms with E-state index in [1.807, 2.05) is 30.3 Å². The maximum atomic E-state index is 14.1. The molecule has 1 aliphatic rings. The molecule has 0 unspecified atom stereocenters. The zero-order chi connectivity index (χ0) is 16.2. The van der Waals surface area contributed by atoms with Crippen molar-refractivity contribution in [2.75, 3.05) is 26.2 Å². The monoisotopic (exact) mass is 312 g/mol. The van der Waals surface area contributed by atoms with Gasteiger partial charge in [0, 0.05) is 26.2 Å². The first-order valence-corrected chi connectivity index (χ1v) is 7.52. The summed E-state index contributed by atoms with van der Waals surface area (Å²) in [5, 5.41) is 0. The summed E-state index contributed by atoms with van der Waals surface area (Å²) >= 11 is 0. The van der Waals surface area contributed by atoms with Crippen LogP contribution in [0.1, 0.15) is 10.4 Å². The second-order valence-corrected chi connectivity index (χ2v) is 5.49.